The zero-order valence-electron chi connectivity index (χ0n) is 8.18. The lowest BCUT2D eigenvalue weighted by Crippen LogP contribution is -2.01. The van der Waals surface area contributed by atoms with Gasteiger partial charge in [0.05, 0.1) is 0 Å². The summed E-state index contributed by atoms with van der Waals surface area (Å²) in [7, 11) is 0. The molecule has 0 aromatic heterocycles. The molecule has 0 N–H and O–H groups in total. The van der Waals surface area contributed by atoms with E-state index in [1.165, 1.54) is 13.0 Å². The molecule has 0 unspecified atom stereocenters. The van der Waals surface area contributed by atoms with Crippen LogP contribution in [0.2, 0.25) is 0 Å². The Morgan fingerprint density at radius 1 is 1.43 bits per heavy atom. The number of rotatable bonds is 3. The van der Waals surface area contributed by atoms with E-state index < -0.39 is 6.43 Å². The van der Waals surface area contributed by atoms with Gasteiger partial charge in [-0.25, -0.2) is 8.78 Å². The summed E-state index contributed by atoms with van der Waals surface area (Å²) >= 11 is 0. The highest BCUT2D eigenvalue weighted by Crippen LogP contribution is 2.24. The van der Waals surface area contributed by atoms with E-state index in [2.05, 4.69) is 0 Å². The fourth-order valence-corrected chi connectivity index (χ4v) is 1.32. The summed E-state index contributed by atoms with van der Waals surface area (Å²) in [5, 5.41) is 0. The summed E-state index contributed by atoms with van der Waals surface area (Å²) in [6, 6.07) is 4.51. The molecule has 1 aromatic rings. The van der Waals surface area contributed by atoms with Gasteiger partial charge in [-0.1, -0.05) is 19.1 Å². The zero-order valence-corrected chi connectivity index (χ0v) is 8.18. The van der Waals surface area contributed by atoms with E-state index in [1.807, 2.05) is 6.92 Å². The minimum absolute atomic E-state index is 0.138. The van der Waals surface area contributed by atoms with Crippen molar-refractivity contribution in [2.45, 2.75) is 26.7 Å². The van der Waals surface area contributed by atoms with Crippen molar-refractivity contribution in [2.75, 3.05) is 0 Å². The first kappa shape index (κ1) is 10.8. The Hall–Kier alpha value is -1.25. The Labute approximate surface area is 81.7 Å². The monoisotopic (exact) mass is 198 g/mol. The maximum absolute atomic E-state index is 12.5. The number of carbonyl (C=O) groups is 1. The predicted molar refractivity (Wildman–Crippen MR) is 50.8 cm³/mol. The van der Waals surface area contributed by atoms with Crippen molar-refractivity contribution in [1.82, 2.24) is 0 Å². The Morgan fingerprint density at radius 3 is 2.50 bits per heavy atom. The second-order valence-electron chi connectivity index (χ2n) is 3.13. The number of benzene rings is 1. The summed E-state index contributed by atoms with van der Waals surface area (Å²) in [5.41, 5.74) is 0.869. The molecule has 76 valence electrons. The van der Waals surface area contributed by atoms with Gasteiger partial charge in [-0.15, -0.1) is 0 Å². The van der Waals surface area contributed by atoms with Gasteiger partial charge in [-0.05, 0) is 25.0 Å². The molecule has 0 spiro atoms. The van der Waals surface area contributed by atoms with Crippen LogP contribution < -0.4 is 0 Å². The van der Waals surface area contributed by atoms with Crippen molar-refractivity contribution >= 4 is 5.78 Å². The van der Waals surface area contributed by atoms with Gasteiger partial charge in [-0.2, -0.15) is 0 Å². The van der Waals surface area contributed by atoms with Crippen LogP contribution in [0.15, 0.2) is 18.2 Å². The summed E-state index contributed by atoms with van der Waals surface area (Å²) in [4.78, 5) is 11.1. The van der Waals surface area contributed by atoms with Crippen LogP contribution in [0, 0.1) is 0 Å². The van der Waals surface area contributed by atoms with Crippen LogP contribution in [0.1, 0.15) is 41.8 Å². The van der Waals surface area contributed by atoms with Gasteiger partial charge in [0, 0.05) is 11.1 Å². The maximum Gasteiger partial charge on any atom is 0.264 e. The lowest BCUT2D eigenvalue weighted by atomic mass is 10.0. The third-order valence-electron chi connectivity index (χ3n) is 2.14. The Morgan fingerprint density at radius 2 is 2.07 bits per heavy atom. The quantitative estimate of drug-likeness (QED) is 0.680. The smallest absolute Gasteiger partial charge is 0.264 e. The van der Waals surface area contributed by atoms with Crippen LogP contribution in [-0.4, -0.2) is 5.78 Å². The standard InChI is InChI=1S/C11H12F2O/c1-3-8-4-5-9(11(12)13)10(6-8)7(2)14/h4-6,11H,3H2,1-2H3. The highest BCUT2D eigenvalue weighted by Gasteiger charge is 2.15. The summed E-state index contributed by atoms with van der Waals surface area (Å²) < 4.78 is 24.9. The van der Waals surface area contributed by atoms with Crippen LogP contribution in [0.3, 0.4) is 0 Å². The van der Waals surface area contributed by atoms with Gasteiger partial charge < -0.3 is 0 Å². The molecule has 0 aliphatic heterocycles. The predicted octanol–water partition coefficient (Wildman–Crippen LogP) is 3.39. The van der Waals surface area contributed by atoms with E-state index in [-0.39, 0.29) is 16.9 Å². The number of halogens is 2. The summed E-state index contributed by atoms with van der Waals surface area (Å²) in [6.45, 7) is 3.22. The van der Waals surface area contributed by atoms with E-state index in [4.69, 9.17) is 0 Å². The maximum atomic E-state index is 12.5. The average Bonchev–Trinajstić information content (AvgIpc) is 2.16. The molecular formula is C11H12F2O. The van der Waals surface area contributed by atoms with Crippen LogP contribution in [0.25, 0.3) is 0 Å². The number of hydrogen-bond donors (Lipinski definition) is 0. The van der Waals surface area contributed by atoms with Gasteiger partial charge in [-0.3, -0.25) is 4.79 Å². The second kappa shape index (κ2) is 4.31. The highest BCUT2D eigenvalue weighted by atomic mass is 19.3. The molecule has 0 bridgehead atoms. The van der Waals surface area contributed by atoms with Gasteiger partial charge in [0.15, 0.2) is 5.78 Å². The Bertz CT molecular complexity index is 345. The largest absolute Gasteiger partial charge is 0.294 e. The van der Waals surface area contributed by atoms with Gasteiger partial charge in [0.1, 0.15) is 0 Å². The molecule has 0 saturated carbocycles. The normalized spacial score (nSPS) is 10.6. The Balaban J connectivity index is 3.24. The first-order chi connectivity index (χ1) is 6.56. The minimum atomic E-state index is -2.58. The SMILES string of the molecule is CCc1ccc(C(F)F)c(C(C)=O)c1. The molecule has 0 saturated heterocycles. The van der Waals surface area contributed by atoms with Crippen molar-refractivity contribution in [1.29, 1.82) is 0 Å². The molecule has 1 nitrogen and oxygen atoms in total. The Kier molecular flexibility index (Phi) is 3.33. The van der Waals surface area contributed by atoms with E-state index in [1.54, 1.807) is 12.1 Å². The molecule has 1 rings (SSSR count). The van der Waals surface area contributed by atoms with E-state index >= 15 is 0 Å². The highest BCUT2D eigenvalue weighted by molar-refractivity contribution is 5.95. The number of ketones is 1. The molecule has 0 amide bonds. The first-order valence-corrected chi connectivity index (χ1v) is 4.48. The third kappa shape index (κ3) is 2.16. The van der Waals surface area contributed by atoms with Gasteiger partial charge in [0.2, 0.25) is 0 Å². The van der Waals surface area contributed by atoms with E-state index in [0.717, 1.165) is 12.0 Å². The molecule has 0 aliphatic carbocycles. The van der Waals surface area contributed by atoms with E-state index in [9.17, 15) is 13.6 Å². The second-order valence-corrected chi connectivity index (χ2v) is 3.13. The number of aryl methyl sites for hydroxylation is 1. The molecule has 0 aliphatic rings. The molecule has 0 atom stereocenters. The van der Waals surface area contributed by atoms with Crippen molar-refractivity contribution in [3.05, 3.63) is 34.9 Å². The average molecular weight is 198 g/mol. The molecule has 14 heavy (non-hydrogen) atoms. The van der Waals surface area contributed by atoms with Crippen LogP contribution in [-0.2, 0) is 6.42 Å². The molecule has 3 heteroatoms. The third-order valence-corrected chi connectivity index (χ3v) is 2.14. The van der Waals surface area contributed by atoms with Crippen LogP contribution >= 0.6 is 0 Å². The van der Waals surface area contributed by atoms with E-state index in [0.29, 0.717) is 0 Å². The van der Waals surface area contributed by atoms with Crippen LogP contribution in [0.4, 0.5) is 8.78 Å². The van der Waals surface area contributed by atoms with Crippen molar-refractivity contribution < 1.29 is 13.6 Å². The molecule has 0 radical (unpaired) electrons. The minimum Gasteiger partial charge on any atom is -0.294 e. The molecule has 0 heterocycles. The van der Waals surface area contributed by atoms with Gasteiger partial charge in [0.25, 0.3) is 6.43 Å². The lowest BCUT2D eigenvalue weighted by Gasteiger charge is -2.07. The zero-order chi connectivity index (χ0) is 10.7. The number of alkyl halides is 2. The summed E-state index contributed by atoms with van der Waals surface area (Å²) in [5.74, 6) is -0.310. The molecule has 1 aromatic carbocycles. The first-order valence-electron chi connectivity index (χ1n) is 4.48. The van der Waals surface area contributed by atoms with Crippen molar-refractivity contribution in [3.63, 3.8) is 0 Å². The molecular weight excluding hydrogens is 186 g/mol. The van der Waals surface area contributed by atoms with Crippen LogP contribution in [0.5, 0.6) is 0 Å². The topological polar surface area (TPSA) is 17.1 Å². The number of hydrogen-bond acceptors (Lipinski definition) is 1. The van der Waals surface area contributed by atoms with Crippen molar-refractivity contribution in [3.8, 4) is 0 Å². The number of Topliss-reactive ketones (excluding diaryl/α,β-unsaturated/α-hetero) is 1. The molecule has 0 fully saturated rings. The number of carbonyl (C=O) groups excluding carboxylic acids is 1. The fourth-order valence-electron chi connectivity index (χ4n) is 1.32. The lowest BCUT2D eigenvalue weighted by molar-refractivity contribution is 0.0999. The van der Waals surface area contributed by atoms with Crippen molar-refractivity contribution in [2.24, 2.45) is 0 Å². The van der Waals surface area contributed by atoms with Gasteiger partial charge >= 0.3 is 0 Å². The summed E-state index contributed by atoms with van der Waals surface area (Å²) in [6.07, 6.45) is -1.84. The fraction of sp³-hybridized carbons (Fsp3) is 0.364.